The molecule has 2 aliphatic rings. The summed E-state index contributed by atoms with van der Waals surface area (Å²) in [7, 11) is 0. The first-order valence-corrected chi connectivity index (χ1v) is 9.14. The Labute approximate surface area is 152 Å². The van der Waals surface area contributed by atoms with Gasteiger partial charge in [-0.2, -0.15) is 0 Å². The van der Waals surface area contributed by atoms with Gasteiger partial charge in [0.1, 0.15) is 29.3 Å². The lowest BCUT2D eigenvalue weighted by atomic mass is 9.91. The highest BCUT2D eigenvalue weighted by Crippen LogP contribution is 2.30. The lowest BCUT2D eigenvalue weighted by Gasteiger charge is -2.50. The summed E-state index contributed by atoms with van der Waals surface area (Å²) < 4.78 is 32.2. The van der Waals surface area contributed by atoms with Crippen molar-refractivity contribution in [2.45, 2.75) is 38.0 Å². The number of piperidine rings is 1. The van der Waals surface area contributed by atoms with Crippen molar-refractivity contribution in [3.05, 3.63) is 54.2 Å². The minimum absolute atomic E-state index is 0.124. The molecule has 0 spiro atoms. The topological polar surface area (TPSA) is 28.6 Å². The second-order valence-corrected chi connectivity index (χ2v) is 7.10. The molecule has 2 saturated heterocycles. The van der Waals surface area contributed by atoms with Crippen molar-refractivity contribution in [3.63, 3.8) is 0 Å². The molecule has 6 heteroatoms. The lowest BCUT2D eigenvalue weighted by molar-refractivity contribution is 0.0288. The first-order valence-electron chi connectivity index (χ1n) is 9.14. The number of rotatable bonds is 3. The number of fused-ring (bicyclic) bond motifs is 1. The van der Waals surface area contributed by atoms with Crippen LogP contribution in [-0.2, 0) is 0 Å². The Morgan fingerprint density at radius 2 is 1.77 bits per heavy atom. The number of nitrogens with zero attached hydrogens (tertiary/aromatic N) is 3. The standard InChI is InChI=1S/C20H23F2N3O/c1-14-19-8-7-18(26-17-5-2-15(21)3-6-17)13-24(19)10-11-25(14)20-9-4-16(22)12-23-20/h2-6,9,12,14,18-19H,7-8,10-11,13H2,1H3. The Morgan fingerprint density at radius 1 is 1.00 bits per heavy atom. The minimum Gasteiger partial charge on any atom is -0.489 e. The Balaban J connectivity index is 1.40. The van der Waals surface area contributed by atoms with Crippen molar-refractivity contribution in [1.82, 2.24) is 9.88 Å². The van der Waals surface area contributed by atoms with Crippen molar-refractivity contribution in [2.24, 2.45) is 0 Å². The number of hydrogen-bond donors (Lipinski definition) is 0. The largest absolute Gasteiger partial charge is 0.489 e. The lowest BCUT2D eigenvalue weighted by Crippen LogP contribution is -2.62. The van der Waals surface area contributed by atoms with Gasteiger partial charge in [0.15, 0.2) is 0 Å². The third-order valence-electron chi connectivity index (χ3n) is 5.49. The third-order valence-corrected chi connectivity index (χ3v) is 5.49. The maximum atomic E-state index is 13.1. The van der Waals surface area contributed by atoms with E-state index in [1.807, 2.05) is 0 Å². The Bertz CT molecular complexity index is 738. The molecule has 3 heterocycles. The molecule has 2 aromatic rings. The van der Waals surface area contributed by atoms with Gasteiger partial charge in [0, 0.05) is 31.7 Å². The van der Waals surface area contributed by atoms with Gasteiger partial charge in [0.2, 0.25) is 0 Å². The van der Waals surface area contributed by atoms with E-state index >= 15 is 0 Å². The van der Waals surface area contributed by atoms with Gasteiger partial charge < -0.3 is 9.64 Å². The van der Waals surface area contributed by atoms with E-state index in [0.29, 0.717) is 12.1 Å². The molecule has 0 N–H and O–H groups in total. The van der Waals surface area contributed by atoms with Crippen molar-refractivity contribution >= 4 is 5.82 Å². The van der Waals surface area contributed by atoms with E-state index < -0.39 is 0 Å². The van der Waals surface area contributed by atoms with E-state index in [1.165, 1.54) is 24.4 Å². The molecule has 3 atom stereocenters. The number of pyridine rings is 1. The summed E-state index contributed by atoms with van der Waals surface area (Å²) in [6, 6.07) is 10.2. The van der Waals surface area contributed by atoms with E-state index in [2.05, 4.69) is 21.7 Å². The molecule has 0 amide bonds. The second-order valence-electron chi connectivity index (χ2n) is 7.10. The summed E-state index contributed by atoms with van der Waals surface area (Å²) in [4.78, 5) is 8.99. The molecular weight excluding hydrogens is 336 g/mol. The fraction of sp³-hybridized carbons (Fsp3) is 0.450. The summed E-state index contributed by atoms with van der Waals surface area (Å²) >= 11 is 0. The van der Waals surface area contributed by atoms with Crippen LogP contribution < -0.4 is 9.64 Å². The van der Waals surface area contributed by atoms with Gasteiger partial charge in [-0.15, -0.1) is 0 Å². The normalized spacial score (nSPS) is 26.4. The van der Waals surface area contributed by atoms with E-state index in [1.54, 1.807) is 18.2 Å². The number of hydrogen-bond acceptors (Lipinski definition) is 4. The number of halogens is 2. The molecule has 4 rings (SSSR count). The van der Waals surface area contributed by atoms with Crippen molar-refractivity contribution in [2.75, 3.05) is 24.5 Å². The van der Waals surface area contributed by atoms with Crippen LogP contribution in [0.2, 0.25) is 0 Å². The maximum Gasteiger partial charge on any atom is 0.141 e. The fourth-order valence-electron chi connectivity index (χ4n) is 4.14. The minimum atomic E-state index is -0.307. The first-order chi connectivity index (χ1) is 12.6. The summed E-state index contributed by atoms with van der Waals surface area (Å²) in [5, 5.41) is 0. The maximum absolute atomic E-state index is 13.1. The highest BCUT2D eigenvalue weighted by atomic mass is 19.1. The van der Waals surface area contributed by atoms with Gasteiger partial charge in [0.05, 0.1) is 6.20 Å². The predicted octanol–water partition coefficient (Wildman–Crippen LogP) is 3.48. The van der Waals surface area contributed by atoms with Gasteiger partial charge in [-0.3, -0.25) is 4.90 Å². The van der Waals surface area contributed by atoms with Crippen LogP contribution in [0.4, 0.5) is 14.6 Å². The Morgan fingerprint density at radius 3 is 2.50 bits per heavy atom. The quantitative estimate of drug-likeness (QED) is 0.839. The molecule has 138 valence electrons. The fourth-order valence-corrected chi connectivity index (χ4v) is 4.14. The summed E-state index contributed by atoms with van der Waals surface area (Å²) in [6.45, 7) is 4.87. The molecule has 0 radical (unpaired) electrons. The summed E-state index contributed by atoms with van der Waals surface area (Å²) in [5.74, 6) is 0.999. The number of piperazine rings is 1. The first kappa shape index (κ1) is 17.2. The Kier molecular flexibility index (Phi) is 4.76. The molecule has 26 heavy (non-hydrogen) atoms. The van der Waals surface area contributed by atoms with E-state index in [0.717, 1.165) is 44.0 Å². The van der Waals surface area contributed by atoms with Gasteiger partial charge in [0.25, 0.3) is 0 Å². The molecule has 3 unspecified atom stereocenters. The molecule has 4 nitrogen and oxygen atoms in total. The molecule has 2 aliphatic heterocycles. The van der Waals surface area contributed by atoms with Crippen molar-refractivity contribution in [3.8, 4) is 5.75 Å². The second kappa shape index (κ2) is 7.19. The zero-order valence-electron chi connectivity index (χ0n) is 14.8. The highest BCUT2D eigenvalue weighted by Gasteiger charge is 2.38. The van der Waals surface area contributed by atoms with Crippen LogP contribution in [0.25, 0.3) is 0 Å². The average molecular weight is 359 g/mol. The van der Waals surface area contributed by atoms with Crippen LogP contribution >= 0.6 is 0 Å². The average Bonchev–Trinajstić information content (AvgIpc) is 2.65. The zero-order chi connectivity index (χ0) is 18.1. The van der Waals surface area contributed by atoms with Crippen LogP contribution in [0.5, 0.6) is 5.75 Å². The number of ether oxygens (including phenoxy) is 1. The number of aromatic nitrogens is 1. The summed E-state index contributed by atoms with van der Waals surface area (Å²) in [6.07, 6.45) is 3.40. The van der Waals surface area contributed by atoms with E-state index in [4.69, 9.17) is 4.74 Å². The highest BCUT2D eigenvalue weighted by molar-refractivity contribution is 5.40. The Hall–Kier alpha value is -2.21. The molecule has 2 fully saturated rings. The smallest absolute Gasteiger partial charge is 0.141 e. The van der Waals surface area contributed by atoms with Crippen molar-refractivity contribution < 1.29 is 13.5 Å². The van der Waals surface area contributed by atoms with Gasteiger partial charge >= 0.3 is 0 Å². The SMILES string of the molecule is CC1C2CCC(Oc3ccc(F)cc3)CN2CCN1c1ccc(F)cn1. The zero-order valence-corrected chi connectivity index (χ0v) is 14.8. The van der Waals surface area contributed by atoms with Crippen LogP contribution in [-0.4, -0.2) is 47.7 Å². The van der Waals surface area contributed by atoms with E-state index in [9.17, 15) is 8.78 Å². The van der Waals surface area contributed by atoms with Gasteiger partial charge in [-0.05, 0) is 56.2 Å². The summed E-state index contributed by atoms with van der Waals surface area (Å²) in [5.41, 5.74) is 0. The van der Waals surface area contributed by atoms with Crippen molar-refractivity contribution in [1.29, 1.82) is 0 Å². The van der Waals surface area contributed by atoms with Gasteiger partial charge in [-0.1, -0.05) is 0 Å². The van der Waals surface area contributed by atoms with Crippen LogP contribution in [0.3, 0.4) is 0 Å². The molecule has 0 saturated carbocycles. The molecular formula is C20H23F2N3O. The molecule has 1 aromatic carbocycles. The third kappa shape index (κ3) is 3.51. The monoisotopic (exact) mass is 359 g/mol. The number of anilines is 1. The molecule has 0 bridgehead atoms. The molecule has 1 aromatic heterocycles. The van der Waals surface area contributed by atoms with Crippen LogP contribution in [0.1, 0.15) is 19.8 Å². The van der Waals surface area contributed by atoms with E-state index in [-0.39, 0.29) is 17.7 Å². The molecule has 0 aliphatic carbocycles. The predicted molar refractivity (Wildman–Crippen MR) is 96.4 cm³/mol. The van der Waals surface area contributed by atoms with Gasteiger partial charge in [-0.25, -0.2) is 13.8 Å². The van der Waals surface area contributed by atoms with Crippen LogP contribution in [0.15, 0.2) is 42.6 Å². The van der Waals surface area contributed by atoms with Crippen LogP contribution in [0, 0.1) is 11.6 Å². The number of benzene rings is 1.